The van der Waals surface area contributed by atoms with E-state index < -0.39 is 0 Å². The number of ether oxygens (including phenoxy) is 1. The number of hydrogen-bond donors (Lipinski definition) is 1. The molecule has 0 saturated carbocycles. The fourth-order valence-corrected chi connectivity index (χ4v) is 1.85. The van der Waals surface area contributed by atoms with Crippen LogP contribution in [0.1, 0.15) is 19.8 Å². The van der Waals surface area contributed by atoms with Crippen molar-refractivity contribution in [1.82, 2.24) is 10.2 Å². The lowest BCUT2D eigenvalue weighted by molar-refractivity contribution is -0.145. The monoisotopic (exact) mass is 242 g/mol. The van der Waals surface area contributed by atoms with Crippen LogP contribution in [0.25, 0.3) is 0 Å². The van der Waals surface area contributed by atoms with Crippen molar-refractivity contribution in [2.45, 2.75) is 19.8 Å². The van der Waals surface area contributed by atoms with E-state index in [1.807, 2.05) is 0 Å². The first kappa shape index (κ1) is 13.5. The van der Waals surface area contributed by atoms with Crippen molar-refractivity contribution in [3.05, 3.63) is 0 Å². The number of nitrogens with zero attached hydrogens (tertiary/aromatic N) is 1. The largest absolute Gasteiger partial charge is 0.469 e. The highest BCUT2D eigenvalue weighted by Gasteiger charge is 2.31. The van der Waals surface area contributed by atoms with Crippen LogP contribution in [0.2, 0.25) is 0 Å². The van der Waals surface area contributed by atoms with Crippen LogP contribution in [-0.2, 0) is 19.1 Å². The van der Waals surface area contributed by atoms with Gasteiger partial charge in [0.15, 0.2) is 0 Å². The smallest absolute Gasteiger partial charge is 0.310 e. The summed E-state index contributed by atoms with van der Waals surface area (Å²) >= 11 is 0. The van der Waals surface area contributed by atoms with E-state index in [0.29, 0.717) is 26.1 Å². The number of nitrogens with one attached hydrogen (secondary N) is 1. The number of likely N-dealkylation sites (tertiary alicyclic amines) is 1. The van der Waals surface area contributed by atoms with Gasteiger partial charge >= 0.3 is 5.97 Å². The number of rotatable bonds is 4. The van der Waals surface area contributed by atoms with E-state index in [1.165, 1.54) is 14.0 Å². The second kappa shape index (κ2) is 6.22. The molecule has 1 atom stereocenters. The van der Waals surface area contributed by atoms with Crippen molar-refractivity contribution in [2.75, 3.05) is 26.7 Å². The van der Waals surface area contributed by atoms with Crippen LogP contribution in [0.3, 0.4) is 0 Å². The number of amides is 2. The second-order valence-corrected chi connectivity index (χ2v) is 4.08. The molecule has 0 radical (unpaired) electrons. The van der Waals surface area contributed by atoms with Crippen LogP contribution in [0, 0.1) is 5.92 Å². The van der Waals surface area contributed by atoms with Crippen LogP contribution in [0.4, 0.5) is 0 Å². The summed E-state index contributed by atoms with van der Waals surface area (Å²) in [6.45, 7) is 2.76. The molecule has 17 heavy (non-hydrogen) atoms. The Bertz CT molecular complexity index is 317. The normalized spacial score (nSPS) is 18.9. The molecule has 6 nitrogen and oxygen atoms in total. The van der Waals surface area contributed by atoms with E-state index in [-0.39, 0.29) is 30.1 Å². The summed E-state index contributed by atoms with van der Waals surface area (Å²) in [7, 11) is 1.35. The topological polar surface area (TPSA) is 75.7 Å². The van der Waals surface area contributed by atoms with Crippen molar-refractivity contribution < 1.29 is 19.1 Å². The van der Waals surface area contributed by atoms with Gasteiger partial charge in [-0.3, -0.25) is 14.4 Å². The first-order chi connectivity index (χ1) is 8.04. The Hall–Kier alpha value is -1.59. The molecule has 1 saturated heterocycles. The van der Waals surface area contributed by atoms with E-state index in [2.05, 4.69) is 10.1 Å². The third kappa shape index (κ3) is 4.05. The Morgan fingerprint density at radius 1 is 1.41 bits per heavy atom. The molecule has 0 aromatic heterocycles. The molecular weight excluding hydrogens is 224 g/mol. The van der Waals surface area contributed by atoms with E-state index in [1.54, 1.807) is 4.90 Å². The Morgan fingerprint density at radius 2 is 2.12 bits per heavy atom. The summed E-state index contributed by atoms with van der Waals surface area (Å²) in [6, 6.07) is 0. The number of methoxy groups -OCH3 is 1. The van der Waals surface area contributed by atoms with Gasteiger partial charge in [0.1, 0.15) is 0 Å². The van der Waals surface area contributed by atoms with Crippen LogP contribution in [0.5, 0.6) is 0 Å². The van der Waals surface area contributed by atoms with E-state index in [4.69, 9.17) is 0 Å². The highest BCUT2D eigenvalue weighted by atomic mass is 16.5. The van der Waals surface area contributed by atoms with Gasteiger partial charge in [0.2, 0.25) is 11.8 Å². The lowest BCUT2D eigenvalue weighted by atomic mass is 10.1. The maximum Gasteiger partial charge on any atom is 0.310 e. The van der Waals surface area contributed by atoms with Crippen LogP contribution >= 0.6 is 0 Å². The van der Waals surface area contributed by atoms with Crippen molar-refractivity contribution >= 4 is 17.8 Å². The molecule has 1 unspecified atom stereocenters. The number of carbonyl (C=O) groups excluding carboxylic acids is 3. The molecule has 2 amide bonds. The molecule has 96 valence electrons. The van der Waals surface area contributed by atoms with Crippen LogP contribution < -0.4 is 5.32 Å². The summed E-state index contributed by atoms with van der Waals surface area (Å²) in [5.74, 6) is -0.649. The predicted molar refractivity (Wildman–Crippen MR) is 60.0 cm³/mol. The van der Waals surface area contributed by atoms with Crippen molar-refractivity contribution in [3.8, 4) is 0 Å². The van der Waals surface area contributed by atoms with Gasteiger partial charge in [0, 0.05) is 33.0 Å². The highest BCUT2D eigenvalue weighted by molar-refractivity contribution is 5.80. The molecule has 0 aromatic carbocycles. The zero-order chi connectivity index (χ0) is 12.8. The molecule has 6 heteroatoms. The van der Waals surface area contributed by atoms with Gasteiger partial charge in [0.25, 0.3) is 0 Å². The Kier molecular flexibility index (Phi) is 4.93. The van der Waals surface area contributed by atoms with E-state index >= 15 is 0 Å². The summed E-state index contributed by atoms with van der Waals surface area (Å²) in [5, 5.41) is 2.57. The van der Waals surface area contributed by atoms with Gasteiger partial charge in [-0.25, -0.2) is 0 Å². The van der Waals surface area contributed by atoms with Gasteiger partial charge in [-0.05, 0) is 6.42 Å². The molecule has 1 aliphatic rings. The Labute approximate surface area is 100 Å². The minimum absolute atomic E-state index is 0.0369. The van der Waals surface area contributed by atoms with Crippen LogP contribution in [0.15, 0.2) is 0 Å². The molecule has 0 aliphatic carbocycles. The average Bonchev–Trinajstić information content (AvgIpc) is 2.76. The quantitative estimate of drug-likeness (QED) is 0.676. The van der Waals surface area contributed by atoms with E-state index in [9.17, 15) is 14.4 Å². The minimum atomic E-state index is -0.262. The third-order valence-electron chi connectivity index (χ3n) is 2.79. The van der Waals surface area contributed by atoms with Crippen LogP contribution in [-0.4, -0.2) is 49.4 Å². The highest BCUT2D eigenvalue weighted by Crippen LogP contribution is 2.17. The number of carbonyl (C=O) groups is 3. The van der Waals surface area contributed by atoms with Gasteiger partial charge in [-0.15, -0.1) is 0 Å². The number of esters is 1. The SMILES string of the molecule is COC(=O)C1CCN(C(=O)CCNC(C)=O)C1. The Balaban J connectivity index is 2.30. The minimum Gasteiger partial charge on any atom is -0.469 e. The van der Waals surface area contributed by atoms with Gasteiger partial charge in [0.05, 0.1) is 13.0 Å². The molecule has 0 aromatic rings. The zero-order valence-corrected chi connectivity index (χ0v) is 10.2. The van der Waals surface area contributed by atoms with E-state index in [0.717, 1.165) is 0 Å². The summed E-state index contributed by atoms with van der Waals surface area (Å²) < 4.78 is 4.64. The molecule has 1 fully saturated rings. The molecular formula is C11H18N2O4. The first-order valence-electron chi connectivity index (χ1n) is 5.64. The summed E-state index contributed by atoms with van der Waals surface area (Å²) in [6.07, 6.45) is 0.923. The van der Waals surface area contributed by atoms with Crippen molar-refractivity contribution in [2.24, 2.45) is 5.92 Å². The molecule has 1 heterocycles. The van der Waals surface area contributed by atoms with Gasteiger partial charge in [-0.2, -0.15) is 0 Å². The van der Waals surface area contributed by atoms with Crippen molar-refractivity contribution in [3.63, 3.8) is 0 Å². The molecule has 1 rings (SSSR count). The number of hydrogen-bond acceptors (Lipinski definition) is 4. The van der Waals surface area contributed by atoms with Gasteiger partial charge in [-0.1, -0.05) is 0 Å². The summed E-state index contributed by atoms with van der Waals surface area (Å²) in [5.41, 5.74) is 0. The lowest BCUT2D eigenvalue weighted by Crippen LogP contribution is -2.33. The second-order valence-electron chi connectivity index (χ2n) is 4.08. The standard InChI is InChI=1S/C11H18N2O4/c1-8(14)12-5-3-10(15)13-6-4-9(7-13)11(16)17-2/h9H,3-7H2,1-2H3,(H,12,14). The Morgan fingerprint density at radius 3 is 2.71 bits per heavy atom. The molecule has 1 N–H and O–H groups in total. The molecule has 0 spiro atoms. The lowest BCUT2D eigenvalue weighted by Gasteiger charge is -2.15. The molecule has 0 bridgehead atoms. The fourth-order valence-electron chi connectivity index (χ4n) is 1.85. The zero-order valence-electron chi connectivity index (χ0n) is 10.2. The summed E-state index contributed by atoms with van der Waals surface area (Å²) in [4.78, 5) is 35.2. The maximum absolute atomic E-state index is 11.7. The predicted octanol–water partition coefficient (Wildman–Crippen LogP) is -0.466. The first-order valence-corrected chi connectivity index (χ1v) is 5.64. The average molecular weight is 242 g/mol. The fraction of sp³-hybridized carbons (Fsp3) is 0.727. The maximum atomic E-state index is 11.7. The molecule has 1 aliphatic heterocycles. The van der Waals surface area contributed by atoms with Crippen molar-refractivity contribution in [1.29, 1.82) is 0 Å². The van der Waals surface area contributed by atoms with Gasteiger partial charge < -0.3 is 15.0 Å². The third-order valence-corrected chi connectivity index (χ3v) is 2.79.